The molecule has 1 aliphatic rings. The highest BCUT2D eigenvalue weighted by atomic mass is 79.9. The van der Waals surface area contributed by atoms with Crippen molar-refractivity contribution in [3.8, 4) is 5.88 Å². The first-order chi connectivity index (χ1) is 8.75. The minimum Gasteiger partial charge on any atom is -0.476 e. The van der Waals surface area contributed by atoms with Crippen LogP contribution in [0.25, 0.3) is 0 Å². The van der Waals surface area contributed by atoms with Crippen molar-refractivity contribution in [2.75, 3.05) is 32.0 Å². The second-order valence-electron chi connectivity index (χ2n) is 4.65. The number of rotatable bonds is 5. The van der Waals surface area contributed by atoms with Gasteiger partial charge in [-0.1, -0.05) is 6.42 Å². The Hall–Kier alpha value is -0.810. The number of piperidine rings is 1. The predicted octanol–water partition coefficient (Wildman–Crippen LogP) is 2.68. The summed E-state index contributed by atoms with van der Waals surface area (Å²) in [6.45, 7) is 4.25. The first-order valence-corrected chi connectivity index (χ1v) is 7.31. The lowest BCUT2D eigenvalue weighted by Crippen LogP contribution is -2.31. The Labute approximate surface area is 117 Å². The van der Waals surface area contributed by atoms with Gasteiger partial charge in [-0.2, -0.15) is 0 Å². The van der Waals surface area contributed by atoms with Gasteiger partial charge in [0, 0.05) is 17.2 Å². The fraction of sp³-hybridized carbons (Fsp3) is 0.615. The van der Waals surface area contributed by atoms with E-state index in [2.05, 4.69) is 25.8 Å². The standard InChI is InChI=1S/C13H20BrN3O/c14-11-9-12(15)13(16-10-11)18-8-4-7-17-5-2-1-3-6-17/h9-10H,1-8,15H2. The van der Waals surface area contributed by atoms with E-state index < -0.39 is 0 Å². The molecule has 100 valence electrons. The lowest BCUT2D eigenvalue weighted by Gasteiger charge is -2.26. The van der Waals surface area contributed by atoms with Crippen LogP contribution in [0.1, 0.15) is 25.7 Å². The molecule has 0 unspecified atom stereocenters. The van der Waals surface area contributed by atoms with Crippen LogP contribution in [0.3, 0.4) is 0 Å². The normalized spacial score (nSPS) is 16.7. The highest BCUT2D eigenvalue weighted by molar-refractivity contribution is 9.10. The number of nitrogens with two attached hydrogens (primary N) is 1. The van der Waals surface area contributed by atoms with E-state index >= 15 is 0 Å². The topological polar surface area (TPSA) is 51.4 Å². The zero-order valence-electron chi connectivity index (χ0n) is 10.6. The van der Waals surface area contributed by atoms with Gasteiger partial charge < -0.3 is 15.4 Å². The summed E-state index contributed by atoms with van der Waals surface area (Å²) < 4.78 is 6.47. The van der Waals surface area contributed by atoms with Gasteiger partial charge in [0.2, 0.25) is 5.88 Å². The van der Waals surface area contributed by atoms with Crippen molar-refractivity contribution in [1.29, 1.82) is 0 Å². The molecular formula is C13H20BrN3O. The lowest BCUT2D eigenvalue weighted by molar-refractivity contribution is 0.203. The van der Waals surface area contributed by atoms with Gasteiger partial charge in [-0.15, -0.1) is 0 Å². The molecule has 1 fully saturated rings. The Balaban J connectivity index is 1.68. The van der Waals surface area contributed by atoms with Crippen molar-refractivity contribution in [2.24, 2.45) is 0 Å². The lowest BCUT2D eigenvalue weighted by atomic mass is 10.1. The molecule has 2 N–H and O–H groups in total. The second-order valence-corrected chi connectivity index (χ2v) is 5.57. The minimum atomic E-state index is 0.539. The van der Waals surface area contributed by atoms with Crippen molar-refractivity contribution in [3.63, 3.8) is 0 Å². The summed E-state index contributed by atoms with van der Waals surface area (Å²) in [5.41, 5.74) is 6.40. The third-order valence-corrected chi connectivity index (χ3v) is 3.59. The number of nitrogen functional groups attached to an aromatic ring is 1. The van der Waals surface area contributed by atoms with Crippen LogP contribution >= 0.6 is 15.9 Å². The Morgan fingerprint density at radius 2 is 2.11 bits per heavy atom. The van der Waals surface area contributed by atoms with Crippen molar-refractivity contribution in [1.82, 2.24) is 9.88 Å². The molecule has 0 aromatic carbocycles. The smallest absolute Gasteiger partial charge is 0.237 e. The van der Waals surface area contributed by atoms with Gasteiger partial charge in [0.25, 0.3) is 0 Å². The van der Waals surface area contributed by atoms with Crippen molar-refractivity contribution < 1.29 is 4.74 Å². The van der Waals surface area contributed by atoms with Crippen molar-refractivity contribution in [3.05, 3.63) is 16.7 Å². The molecule has 2 rings (SSSR count). The Morgan fingerprint density at radius 3 is 2.83 bits per heavy atom. The maximum absolute atomic E-state index is 5.82. The summed E-state index contributed by atoms with van der Waals surface area (Å²) in [6.07, 6.45) is 6.78. The summed E-state index contributed by atoms with van der Waals surface area (Å²) in [4.78, 5) is 6.66. The maximum Gasteiger partial charge on any atom is 0.237 e. The number of anilines is 1. The van der Waals surface area contributed by atoms with Crippen LogP contribution in [0.2, 0.25) is 0 Å². The molecule has 0 aliphatic carbocycles. The maximum atomic E-state index is 5.82. The van der Waals surface area contributed by atoms with Gasteiger partial charge >= 0.3 is 0 Å². The SMILES string of the molecule is Nc1cc(Br)cnc1OCCCN1CCCCC1. The van der Waals surface area contributed by atoms with E-state index in [0.717, 1.165) is 17.4 Å². The van der Waals surface area contributed by atoms with E-state index in [1.165, 1.54) is 32.4 Å². The molecule has 18 heavy (non-hydrogen) atoms. The Bertz CT molecular complexity index is 380. The molecule has 2 heterocycles. The van der Waals surface area contributed by atoms with Gasteiger partial charge in [0.15, 0.2) is 0 Å². The highest BCUT2D eigenvalue weighted by Gasteiger charge is 2.09. The van der Waals surface area contributed by atoms with Crippen LogP contribution in [-0.4, -0.2) is 36.1 Å². The number of hydrogen-bond donors (Lipinski definition) is 1. The number of ether oxygens (including phenoxy) is 1. The van der Waals surface area contributed by atoms with Crippen LogP contribution in [-0.2, 0) is 0 Å². The third-order valence-electron chi connectivity index (χ3n) is 3.15. The molecule has 0 atom stereocenters. The number of aromatic nitrogens is 1. The van der Waals surface area contributed by atoms with Gasteiger partial charge in [-0.25, -0.2) is 4.98 Å². The molecule has 0 spiro atoms. The van der Waals surface area contributed by atoms with Crippen LogP contribution < -0.4 is 10.5 Å². The molecule has 0 saturated carbocycles. The number of halogens is 1. The number of nitrogens with zero attached hydrogens (tertiary/aromatic N) is 2. The largest absolute Gasteiger partial charge is 0.476 e. The molecule has 1 saturated heterocycles. The molecule has 0 amide bonds. The second kappa shape index (κ2) is 6.95. The van der Waals surface area contributed by atoms with Gasteiger partial charge in [0.1, 0.15) is 0 Å². The zero-order chi connectivity index (χ0) is 12.8. The van der Waals surface area contributed by atoms with E-state index in [9.17, 15) is 0 Å². The predicted molar refractivity (Wildman–Crippen MR) is 76.8 cm³/mol. The zero-order valence-corrected chi connectivity index (χ0v) is 12.2. The van der Waals surface area contributed by atoms with Crippen molar-refractivity contribution in [2.45, 2.75) is 25.7 Å². The highest BCUT2D eigenvalue weighted by Crippen LogP contribution is 2.21. The van der Waals surface area contributed by atoms with E-state index in [-0.39, 0.29) is 0 Å². The van der Waals surface area contributed by atoms with Gasteiger partial charge in [0.05, 0.1) is 12.3 Å². The molecule has 0 radical (unpaired) electrons. The van der Waals surface area contributed by atoms with Gasteiger partial charge in [-0.05, 0) is 54.3 Å². The average molecular weight is 314 g/mol. The summed E-state index contributed by atoms with van der Waals surface area (Å²) in [5.74, 6) is 0.539. The van der Waals surface area contributed by atoms with E-state index in [1.807, 2.05) is 6.07 Å². The molecular weight excluding hydrogens is 294 g/mol. The molecule has 4 nitrogen and oxygen atoms in total. The fourth-order valence-corrected chi connectivity index (χ4v) is 2.55. The average Bonchev–Trinajstić information content (AvgIpc) is 2.38. The summed E-state index contributed by atoms with van der Waals surface area (Å²) in [7, 11) is 0. The molecule has 1 aromatic heterocycles. The van der Waals surface area contributed by atoms with E-state index in [1.54, 1.807) is 6.20 Å². The van der Waals surface area contributed by atoms with Crippen LogP contribution in [0.5, 0.6) is 5.88 Å². The van der Waals surface area contributed by atoms with E-state index in [0.29, 0.717) is 18.2 Å². The van der Waals surface area contributed by atoms with Gasteiger partial charge in [-0.3, -0.25) is 0 Å². The molecule has 1 aromatic rings. The quantitative estimate of drug-likeness (QED) is 0.849. The first-order valence-electron chi connectivity index (χ1n) is 6.52. The minimum absolute atomic E-state index is 0.539. The monoisotopic (exact) mass is 313 g/mol. The third kappa shape index (κ3) is 4.14. The van der Waals surface area contributed by atoms with Crippen LogP contribution in [0.15, 0.2) is 16.7 Å². The summed E-state index contributed by atoms with van der Waals surface area (Å²) >= 11 is 3.33. The molecule has 1 aliphatic heterocycles. The fourth-order valence-electron chi connectivity index (χ4n) is 2.20. The Kier molecular flexibility index (Phi) is 5.26. The number of hydrogen-bond acceptors (Lipinski definition) is 4. The number of pyridine rings is 1. The van der Waals surface area contributed by atoms with Crippen LogP contribution in [0, 0.1) is 0 Å². The van der Waals surface area contributed by atoms with E-state index in [4.69, 9.17) is 10.5 Å². The molecule has 0 bridgehead atoms. The first kappa shape index (κ1) is 13.6. The molecule has 5 heteroatoms. The van der Waals surface area contributed by atoms with Crippen molar-refractivity contribution >= 4 is 21.6 Å². The summed E-state index contributed by atoms with van der Waals surface area (Å²) in [5, 5.41) is 0. The Morgan fingerprint density at radius 1 is 1.33 bits per heavy atom. The summed E-state index contributed by atoms with van der Waals surface area (Å²) in [6, 6.07) is 1.81. The number of likely N-dealkylation sites (tertiary alicyclic amines) is 1. The van der Waals surface area contributed by atoms with Crippen LogP contribution in [0.4, 0.5) is 5.69 Å².